The lowest BCUT2D eigenvalue weighted by molar-refractivity contribution is -0.141. The second-order valence-corrected chi connectivity index (χ2v) is 6.91. The summed E-state index contributed by atoms with van der Waals surface area (Å²) in [6.07, 6.45) is 1.58. The molecule has 0 saturated carbocycles. The van der Waals surface area contributed by atoms with Gasteiger partial charge in [0.2, 0.25) is 0 Å². The first-order valence-corrected chi connectivity index (χ1v) is 9.60. The smallest absolute Gasteiger partial charge is 0.357 e. The number of carbonyl (C=O) groups is 2. The Kier molecular flexibility index (Phi) is 6.99. The summed E-state index contributed by atoms with van der Waals surface area (Å²) in [5.41, 5.74) is 2.00. The van der Waals surface area contributed by atoms with Crippen LogP contribution in [-0.4, -0.2) is 45.8 Å². The first-order valence-electron chi connectivity index (χ1n) is 9.22. The number of amides is 1. The summed E-state index contributed by atoms with van der Waals surface area (Å²) in [6, 6.07) is 12.4. The maximum atomic E-state index is 12.7. The molecule has 2 aromatic carbocycles. The van der Waals surface area contributed by atoms with Crippen LogP contribution in [0.3, 0.4) is 0 Å². The molecule has 0 atom stereocenters. The van der Waals surface area contributed by atoms with E-state index in [9.17, 15) is 9.59 Å². The average Bonchev–Trinajstić information content (AvgIpc) is 3.19. The lowest BCUT2D eigenvalue weighted by atomic mass is 10.2. The zero-order valence-corrected chi connectivity index (χ0v) is 17.9. The van der Waals surface area contributed by atoms with Crippen LogP contribution in [0.2, 0.25) is 5.02 Å². The number of halogens is 1. The number of benzene rings is 2. The maximum absolute atomic E-state index is 12.7. The SMILES string of the molecule is COc1cc(Cl)c(C)cc1NC(=O)COC(=O)C(=Cc1ccccc1)n1nnnc1C. The van der Waals surface area contributed by atoms with Gasteiger partial charge in [0.05, 0.1) is 12.8 Å². The quantitative estimate of drug-likeness (QED) is 0.443. The molecular weight excluding hydrogens is 422 g/mol. The molecule has 0 unspecified atom stereocenters. The van der Waals surface area contributed by atoms with Crippen LogP contribution in [0, 0.1) is 13.8 Å². The Bertz CT molecular complexity index is 1130. The van der Waals surface area contributed by atoms with Crippen molar-refractivity contribution in [3.8, 4) is 5.75 Å². The van der Waals surface area contributed by atoms with Crippen molar-refractivity contribution in [2.45, 2.75) is 13.8 Å². The number of methoxy groups -OCH3 is 1. The van der Waals surface area contributed by atoms with Crippen LogP contribution in [0.25, 0.3) is 11.8 Å². The van der Waals surface area contributed by atoms with E-state index in [0.717, 1.165) is 11.1 Å². The van der Waals surface area contributed by atoms with Gasteiger partial charge in [0.15, 0.2) is 18.1 Å². The minimum atomic E-state index is -0.756. The molecule has 1 heterocycles. The molecule has 0 radical (unpaired) electrons. The van der Waals surface area contributed by atoms with Gasteiger partial charge in [-0.25, -0.2) is 4.79 Å². The van der Waals surface area contributed by atoms with E-state index < -0.39 is 18.5 Å². The predicted molar refractivity (Wildman–Crippen MR) is 115 cm³/mol. The van der Waals surface area contributed by atoms with Crippen LogP contribution >= 0.6 is 11.6 Å². The molecule has 31 heavy (non-hydrogen) atoms. The van der Waals surface area contributed by atoms with E-state index in [-0.39, 0.29) is 5.70 Å². The van der Waals surface area contributed by atoms with Gasteiger partial charge in [-0.1, -0.05) is 41.9 Å². The number of aromatic nitrogens is 4. The number of anilines is 1. The second kappa shape index (κ2) is 9.86. The summed E-state index contributed by atoms with van der Waals surface area (Å²) in [4.78, 5) is 25.1. The molecular formula is C21H20ClN5O4. The first-order chi connectivity index (χ1) is 14.9. The van der Waals surface area contributed by atoms with E-state index in [2.05, 4.69) is 20.8 Å². The lowest BCUT2D eigenvalue weighted by Gasteiger charge is -2.13. The minimum absolute atomic E-state index is 0.0708. The van der Waals surface area contributed by atoms with Crippen molar-refractivity contribution >= 4 is 40.9 Å². The van der Waals surface area contributed by atoms with E-state index in [1.54, 1.807) is 32.1 Å². The third-order valence-corrected chi connectivity index (χ3v) is 4.66. The topological polar surface area (TPSA) is 108 Å². The molecule has 0 bridgehead atoms. The average molecular weight is 442 g/mol. The Morgan fingerprint density at radius 1 is 1.19 bits per heavy atom. The fraction of sp³-hybridized carbons (Fsp3) is 0.190. The number of hydrogen-bond acceptors (Lipinski definition) is 7. The Labute approximate surface area is 183 Å². The van der Waals surface area contributed by atoms with Crippen LogP contribution in [0.4, 0.5) is 5.69 Å². The number of tetrazole rings is 1. The zero-order chi connectivity index (χ0) is 22.4. The molecule has 1 N–H and O–H groups in total. The van der Waals surface area contributed by atoms with Gasteiger partial charge in [0.1, 0.15) is 5.75 Å². The van der Waals surface area contributed by atoms with Crippen LogP contribution in [-0.2, 0) is 14.3 Å². The van der Waals surface area contributed by atoms with Crippen molar-refractivity contribution in [3.63, 3.8) is 0 Å². The Balaban J connectivity index is 1.74. The van der Waals surface area contributed by atoms with Crippen LogP contribution < -0.4 is 10.1 Å². The third-order valence-electron chi connectivity index (χ3n) is 4.25. The van der Waals surface area contributed by atoms with Crippen LogP contribution in [0.1, 0.15) is 17.0 Å². The van der Waals surface area contributed by atoms with Gasteiger partial charge in [-0.2, -0.15) is 4.68 Å². The number of ether oxygens (including phenoxy) is 2. The van der Waals surface area contributed by atoms with Crippen molar-refractivity contribution in [2.24, 2.45) is 0 Å². The van der Waals surface area contributed by atoms with Gasteiger partial charge in [-0.3, -0.25) is 4.79 Å². The first kappa shape index (κ1) is 22.0. The number of aryl methyl sites for hydroxylation is 2. The lowest BCUT2D eigenvalue weighted by Crippen LogP contribution is -2.23. The monoisotopic (exact) mass is 441 g/mol. The third kappa shape index (κ3) is 5.46. The number of rotatable bonds is 7. The number of esters is 1. The fourth-order valence-corrected chi connectivity index (χ4v) is 2.84. The van der Waals surface area contributed by atoms with Gasteiger partial charge in [-0.05, 0) is 47.5 Å². The highest BCUT2D eigenvalue weighted by Gasteiger charge is 2.19. The summed E-state index contributed by atoms with van der Waals surface area (Å²) in [5, 5.41) is 14.3. The van der Waals surface area contributed by atoms with Crippen molar-refractivity contribution in [1.82, 2.24) is 20.2 Å². The number of nitrogens with one attached hydrogen (secondary N) is 1. The molecule has 9 nitrogen and oxygen atoms in total. The van der Waals surface area contributed by atoms with Gasteiger partial charge in [-0.15, -0.1) is 5.10 Å². The Morgan fingerprint density at radius 2 is 1.94 bits per heavy atom. The Morgan fingerprint density at radius 3 is 2.58 bits per heavy atom. The number of carbonyl (C=O) groups excluding carboxylic acids is 2. The molecule has 10 heteroatoms. The molecule has 3 aromatic rings. The van der Waals surface area contributed by atoms with Gasteiger partial charge < -0.3 is 14.8 Å². The van der Waals surface area contributed by atoms with Crippen molar-refractivity contribution < 1.29 is 19.1 Å². The van der Waals surface area contributed by atoms with Gasteiger partial charge >= 0.3 is 5.97 Å². The summed E-state index contributed by atoms with van der Waals surface area (Å²) < 4.78 is 11.7. The standard InChI is InChI=1S/C21H20ClN5O4/c1-13-9-17(19(30-3)11-16(13)22)23-20(28)12-31-21(29)18(27-14(2)24-25-26-27)10-15-7-5-4-6-8-15/h4-11H,12H2,1-3H3,(H,23,28). The second-order valence-electron chi connectivity index (χ2n) is 6.50. The largest absolute Gasteiger partial charge is 0.495 e. The highest BCUT2D eigenvalue weighted by Crippen LogP contribution is 2.30. The summed E-state index contributed by atoms with van der Waals surface area (Å²) >= 11 is 6.08. The molecule has 1 aromatic heterocycles. The molecule has 0 aliphatic rings. The molecule has 0 aliphatic heterocycles. The van der Waals surface area contributed by atoms with E-state index in [1.165, 1.54) is 11.8 Å². The number of nitrogens with zero attached hydrogens (tertiary/aromatic N) is 4. The van der Waals surface area contributed by atoms with Gasteiger partial charge in [0.25, 0.3) is 5.91 Å². The summed E-state index contributed by atoms with van der Waals surface area (Å²) in [5.74, 6) is -0.510. The summed E-state index contributed by atoms with van der Waals surface area (Å²) in [6.45, 7) is 2.93. The highest BCUT2D eigenvalue weighted by atomic mass is 35.5. The van der Waals surface area contributed by atoms with Crippen LogP contribution in [0.15, 0.2) is 42.5 Å². The van der Waals surface area contributed by atoms with E-state index in [4.69, 9.17) is 21.1 Å². The molecule has 3 rings (SSSR count). The van der Waals surface area contributed by atoms with Crippen molar-refractivity contribution in [2.75, 3.05) is 19.0 Å². The molecule has 0 fully saturated rings. The van der Waals surface area contributed by atoms with E-state index >= 15 is 0 Å². The molecule has 0 aliphatic carbocycles. The predicted octanol–water partition coefficient (Wildman–Crippen LogP) is 3.13. The maximum Gasteiger partial charge on any atom is 0.357 e. The van der Waals surface area contributed by atoms with Gasteiger partial charge in [0, 0.05) is 11.1 Å². The van der Waals surface area contributed by atoms with Crippen molar-refractivity contribution in [3.05, 3.63) is 64.4 Å². The van der Waals surface area contributed by atoms with E-state index in [0.29, 0.717) is 22.3 Å². The molecule has 0 spiro atoms. The molecule has 1 amide bonds. The normalized spacial score (nSPS) is 11.2. The summed E-state index contributed by atoms with van der Waals surface area (Å²) in [7, 11) is 1.46. The van der Waals surface area contributed by atoms with E-state index in [1.807, 2.05) is 30.3 Å². The molecule has 160 valence electrons. The van der Waals surface area contributed by atoms with Crippen LogP contribution in [0.5, 0.6) is 5.75 Å². The van der Waals surface area contributed by atoms with Crippen molar-refractivity contribution in [1.29, 1.82) is 0 Å². The molecule has 0 saturated heterocycles. The minimum Gasteiger partial charge on any atom is -0.495 e. The fourth-order valence-electron chi connectivity index (χ4n) is 2.69. The number of hydrogen-bond donors (Lipinski definition) is 1. The highest BCUT2D eigenvalue weighted by molar-refractivity contribution is 6.31. The zero-order valence-electron chi connectivity index (χ0n) is 17.1. The Hall–Kier alpha value is -3.72.